The van der Waals surface area contributed by atoms with Crippen LogP contribution in [0.1, 0.15) is 82.4 Å². The highest BCUT2D eigenvalue weighted by molar-refractivity contribution is 6.02. The number of aromatic nitrogens is 2. The zero-order chi connectivity index (χ0) is 27.0. The van der Waals surface area contributed by atoms with Gasteiger partial charge in [-0.1, -0.05) is 18.2 Å². The second kappa shape index (κ2) is 10.7. The third kappa shape index (κ3) is 5.72. The monoisotopic (exact) mass is 523 g/mol. The molecule has 1 N–H and O–H groups in total. The first-order valence-corrected chi connectivity index (χ1v) is 14.1. The molecule has 3 saturated heterocycles. The lowest BCUT2D eigenvalue weighted by molar-refractivity contribution is -0.134. The van der Waals surface area contributed by atoms with Crippen LogP contribution in [-0.4, -0.2) is 75.8 Å². The number of fused-ring (bicyclic) bond motifs is 1. The van der Waals surface area contributed by atoms with Crippen molar-refractivity contribution in [2.75, 3.05) is 32.7 Å². The number of ether oxygens (including phenoxy) is 1. The Bertz CT molecular complexity index is 1200. The molecule has 1 atom stereocenters. The molecule has 206 valence electrons. The summed E-state index contributed by atoms with van der Waals surface area (Å²) in [7, 11) is 1.96. The smallest absolute Gasteiger partial charge is 0.410 e. The van der Waals surface area contributed by atoms with E-state index in [0.29, 0.717) is 24.7 Å². The van der Waals surface area contributed by atoms with E-state index in [4.69, 9.17) is 9.84 Å². The number of piperidine rings is 3. The van der Waals surface area contributed by atoms with Gasteiger partial charge in [0.2, 0.25) is 11.8 Å². The molecule has 0 aliphatic carbocycles. The topological polar surface area (TPSA) is 96.8 Å². The van der Waals surface area contributed by atoms with E-state index in [2.05, 4.69) is 28.4 Å². The van der Waals surface area contributed by atoms with Gasteiger partial charge in [-0.2, -0.15) is 5.10 Å². The van der Waals surface area contributed by atoms with E-state index >= 15 is 0 Å². The molecule has 3 aliphatic rings. The summed E-state index contributed by atoms with van der Waals surface area (Å²) in [6.45, 7) is 10.5. The van der Waals surface area contributed by atoms with Gasteiger partial charge in [-0.05, 0) is 83.4 Å². The summed E-state index contributed by atoms with van der Waals surface area (Å²) in [6.07, 6.45) is 4.90. The second-order valence-corrected chi connectivity index (χ2v) is 12.2. The molecule has 5 rings (SSSR count). The minimum atomic E-state index is -0.454. The predicted molar refractivity (Wildman–Crippen MR) is 145 cm³/mol. The van der Waals surface area contributed by atoms with Crippen LogP contribution in [0.3, 0.4) is 0 Å². The number of benzene rings is 1. The maximum atomic E-state index is 12.5. The molecule has 1 unspecified atom stereocenters. The molecule has 0 radical (unpaired) electrons. The summed E-state index contributed by atoms with van der Waals surface area (Å²) < 4.78 is 7.46. The summed E-state index contributed by atoms with van der Waals surface area (Å²) in [5.41, 5.74) is 2.75. The van der Waals surface area contributed by atoms with Gasteiger partial charge in [0.1, 0.15) is 5.60 Å². The number of hydrogen-bond acceptors (Lipinski definition) is 6. The number of aryl methyl sites for hydroxylation is 1. The maximum Gasteiger partial charge on any atom is 0.410 e. The van der Waals surface area contributed by atoms with Crippen LogP contribution >= 0.6 is 0 Å². The number of hydrogen-bond donors (Lipinski definition) is 1. The quantitative estimate of drug-likeness (QED) is 0.611. The van der Waals surface area contributed by atoms with Crippen LogP contribution in [0.5, 0.6) is 0 Å². The molecule has 38 heavy (non-hydrogen) atoms. The Hall–Kier alpha value is -2.94. The van der Waals surface area contributed by atoms with Crippen LogP contribution in [0.15, 0.2) is 18.2 Å². The summed E-state index contributed by atoms with van der Waals surface area (Å²) in [4.78, 5) is 41.0. The molecule has 0 bridgehead atoms. The van der Waals surface area contributed by atoms with Crippen molar-refractivity contribution in [1.82, 2.24) is 24.9 Å². The third-order valence-electron chi connectivity index (χ3n) is 8.30. The van der Waals surface area contributed by atoms with Crippen molar-refractivity contribution in [3.05, 3.63) is 29.5 Å². The molecule has 1 aromatic heterocycles. The van der Waals surface area contributed by atoms with E-state index in [-0.39, 0.29) is 23.8 Å². The minimum absolute atomic E-state index is 0.193. The van der Waals surface area contributed by atoms with Crippen LogP contribution in [0, 0.1) is 5.92 Å². The van der Waals surface area contributed by atoms with E-state index in [0.717, 1.165) is 75.0 Å². The largest absolute Gasteiger partial charge is 0.444 e. The van der Waals surface area contributed by atoms with E-state index in [1.807, 2.05) is 37.4 Å². The van der Waals surface area contributed by atoms with E-state index < -0.39 is 5.60 Å². The van der Waals surface area contributed by atoms with Crippen molar-refractivity contribution < 1.29 is 19.1 Å². The van der Waals surface area contributed by atoms with Gasteiger partial charge in [-0.3, -0.25) is 19.6 Å². The first-order chi connectivity index (χ1) is 18.1. The fraction of sp³-hybridized carbons (Fsp3) is 0.655. The first kappa shape index (κ1) is 26.7. The summed E-state index contributed by atoms with van der Waals surface area (Å²) in [5, 5.41) is 8.27. The number of imide groups is 1. The summed E-state index contributed by atoms with van der Waals surface area (Å²) >= 11 is 0. The van der Waals surface area contributed by atoms with Crippen molar-refractivity contribution >= 4 is 28.8 Å². The van der Waals surface area contributed by atoms with Gasteiger partial charge >= 0.3 is 6.09 Å². The molecule has 0 spiro atoms. The maximum absolute atomic E-state index is 12.5. The number of nitrogens with one attached hydrogen (secondary N) is 1. The van der Waals surface area contributed by atoms with Crippen LogP contribution < -0.4 is 5.32 Å². The fourth-order valence-corrected chi connectivity index (χ4v) is 6.35. The molecule has 9 heteroatoms. The predicted octanol–water partition coefficient (Wildman–Crippen LogP) is 3.92. The van der Waals surface area contributed by atoms with Gasteiger partial charge in [0.25, 0.3) is 0 Å². The first-order valence-electron chi connectivity index (χ1n) is 14.1. The number of rotatable bonds is 4. The Morgan fingerprint density at radius 1 is 1.05 bits per heavy atom. The fourth-order valence-electron chi connectivity index (χ4n) is 6.35. The van der Waals surface area contributed by atoms with Gasteiger partial charge in [0, 0.05) is 38.5 Å². The SMILES string of the molecule is Cn1nc(C2CCC(=O)NC2=O)c2cccc(C3CCN(CC4CCN(C(=O)OC(C)(C)C)CC4)CC3)c21. The van der Waals surface area contributed by atoms with Gasteiger partial charge in [0.15, 0.2) is 0 Å². The average Bonchev–Trinajstić information content (AvgIpc) is 3.20. The zero-order valence-corrected chi connectivity index (χ0v) is 23.2. The lowest BCUT2D eigenvalue weighted by Gasteiger charge is -2.38. The molecule has 4 heterocycles. The van der Waals surface area contributed by atoms with Crippen LogP contribution in [0.4, 0.5) is 4.79 Å². The number of carbonyl (C=O) groups is 3. The van der Waals surface area contributed by atoms with Gasteiger partial charge in [-0.25, -0.2) is 4.79 Å². The molecule has 9 nitrogen and oxygen atoms in total. The minimum Gasteiger partial charge on any atom is -0.444 e. The molecular weight excluding hydrogens is 482 g/mol. The van der Waals surface area contributed by atoms with Gasteiger partial charge < -0.3 is 14.5 Å². The highest BCUT2D eigenvalue weighted by Gasteiger charge is 2.33. The summed E-state index contributed by atoms with van der Waals surface area (Å²) in [5.74, 6) is 0.246. The molecule has 3 amide bonds. The van der Waals surface area contributed by atoms with Crippen LogP contribution in [0.2, 0.25) is 0 Å². The standard InChI is InChI=1S/C29H41N5O4/c1-29(2,3)38-28(37)34-16-10-19(11-17-34)18-33-14-12-20(13-15-33)21-6-5-7-22-25(31-32(4)26(21)22)23-8-9-24(35)30-27(23)36/h5-7,19-20,23H,8-18H2,1-4H3,(H,30,35,36). The average molecular weight is 524 g/mol. The second-order valence-electron chi connectivity index (χ2n) is 12.2. The summed E-state index contributed by atoms with van der Waals surface area (Å²) in [6, 6.07) is 6.36. The van der Waals surface area contributed by atoms with Crippen LogP contribution in [0.25, 0.3) is 10.9 Å². The number of amides is 3. The molecule has 3 fully saturated rings. The van der Waals surface area contributed by atoms with E-state index in [1.54, 1.807) is 0 Å². The van der Waals surface area contributed by atoms with Gasteiger partial charge in [-0.15, -0.1) is 0 Å². The normalized spacial score (nSPS) is 22.6. The van der Waals surface area contributed by atoms with Crippen molar-refractivity contribution in [3.63, 3.8) is 0 Å². The Labute approximate surface area is 224 Å². The Kier molecular flexibility index (Phi) is 7.49. The van der Waals surface area contributed by atoms with Crippen molar-refractivity contribution in [2.24, 2.45) is 13.0 Å². The Balaban J connectivity index is 1.18. The van der Waals surface area contributed by atoms with Crippen molar-refractivity contribution in [3.8, 4) is 0 Å². The molecule has 1 aromatic carbocycles. The Morgan fingerprint density at radius 3 is 2.42 bits per heavy atom. The lowest BCUT2D eigenvalue weighted by Crippen LogP contribution is -2.44. The Morgan fingerprint density at radius 2 is 1.76 bits per heavy atom. The highest BCUT2D eigenvalue weighted by atomic mass is 16.6. The van der Waals surface area contributed by atoms with Crippen molar-refractivity contribution in [2.45, 2.75) is 76.7 Å². The van der Waals surface area contributed by atoms with E-state index in [1.165, 1.54) is 5.56 Å². The number of carbonyl (C=O) groups excluding carboxylic acids is 3. The third-order valence-corrected chi connectivity index (χ3v) is 8.30. The number of likely N-dealkylation sites (tertiary alicyclic amines) is 2. The molecular formula is C29H41N5O4. The number of para-hydroxylation sites is 1. The zero-order valence-electron chi connectivity index (χ0n) is 23.2. The van der Waals surface area contributed by atoms with Crippen molar-refractivity contribution in [1.29, 1.82) is 0 Å². The number of nitrogens with zero attached hydrogens (tertiary/aromatic N) is 4. The van der Waals surface area contributed by atoms with E-state index in [9.17, 15) is 14.4 Å². The molecule has 0 saturated carbocycles. The van der Waals surface area contributed by atoms with Crippen LogP contribution in [-0.2, 0) is 21.4 Å². The highest BCUT2D eigenvalue weighted by Crippen LogP contribution is 2.37. The molecule has 2 aromatic rings. The van der Waals surface area contributed by atoms with Gasteiger partial charge in [0.05, 0.1) is 17.1 Å². The molecule has 3 aliphatic heterocycles. The lowest BCUT2D eigenvalue weighted by atomic mass is 9.86.